The van der Waals surface area contributed by atoms with E-state index < -0.39 is 12.0 Å². The van der Waals surface area contributed by atoms with Crippen molar-refractivity contribution >= 4 is 23.4 Å². The number of carbonyl (C=O) groups is 1. The Kier molecular flexibility index (Phi) is 7.36. The first-order valence-corrected chi connectivity index (χ1v) is 12.8. The van der Waals surface area contributed by atoms with E-state index in [1.807, 2.05) is 19.1 Å². The lowest BCUT2D eigenvalue weighted by atomic mass is 9.92. The highest BCUT2D eigenvalue weighted by Gasteiger charge is 2.34. The summed E-state index contributed by atoms with van der Waals surface area (Å²) in [7, 11) is 0. The molecule has 4 rings (SSSR count). The van der Waals surface area contributed by atoms with Crippen LogP contribution in [0.25, 0.3) is 6.08 Å². The van der Waals surface area contributed by atoms with E-state index in [0.29, 0.717) is 32.9 Å². The Morgan fingerprint density at radius 3 is 2.43 bits per heavy atom. The molecule has 3 aromatic rings. The number of nitrogens with zero attached hydrogens (tertiary/aromatic N) is 2. The number of carbonyl (C=O) groups excluding carboxylic acids is 1. The molecule has 2 aromatic carbocycles. The van der Waals surface area contributed by atoms with Gasteiger partial charge in [-0.25, -0.2) is 9.79 Å². The van der Waals surface area contributed by atoms with Crippen LogP contribution in [0.1, 0.15) is 69.2 Å². The minimum absolute atomic E-state index is 0.164. The first-order chi connectivity index (χ1) is 16.8. The molecule has 6 nitrogen and oxygen atoms in total. The summed E-state index contributed by atoms with van der Waals surface area (Å²) in [5.41, 5.74) is 3.71. The molecule has 1 aliphatic heterocycles. The normalized spacial score (nSPS) is 15.8. The molecule has 1 atom stereocenters. The van der Waals surface area contributed by atoms with Gasteiger partial charge in [-0.15, -0.1) is 0 Å². The topological polar surface area (TPSA) is 80.9 Å². The van der Waals surface area contributed by atoms with Crippen LogP contribution in [0.4, 0.5) is 0 Å². The van der Waals surface area contributed by atoms with E-state index in [-0.39, 0.29) is 17.9 Å². The van der Waals surface area contributed by atoms with Crippen LogP contribution in [-0.4, -0.2) is 22.2 Å². The number of phenolic OH excluding ortho intramolecular Hbond substituents is 1. The summed E-state index contributed by atoms with van der Waals surface area (Å²) in [6.07, 6.45) is 3.20. The van der Waals surface area contributed by atoms with Crippen LogP contribution in [0.15, 0.2) is 69.6 Å². The largest absolute Gasteiger partial charge is 0.508 e. The van der Waals surface area contributed by atoms with E-state index >= 15 is 0 Å². The van der Waals surface area contributed by atoms with Crippen LogP contribution in [0.2, 0.25) is 0 Å². The van der Waals surface area contributed by atoms with Gasteiger partial charge in [-0.2, -0.15) is 0 Å². The molecule has 7 heteroatoms. The van der Waals surface area contributed by atoms with Crippen LogP contribution in [-0.2, 0) is 9.53 Å². The lowest BCUT2D eigenvalue weighted by Crippen LogP contribution is -2.40. The number of allylic oxidation sites excluding steroid dienone is 1. The van der Waals surface area contributed by atoms with Crippen molar-refractivity contribution in [3.05, 3.63) is 96.2 Å². The number of esters is 1. The predicted molar refractivity (Wildman–Crippen MR) is 138 cm³/mol. The van der Waals surface area contributed by atoms with Crippen molar-refractivity contribution in [1.29, 1.82) is 0 Å². The molecule has 0 saturated heterocycles. The molecule has 0 amide bonds. The summed E-state index contributed by atoms with van der Waals surface area (Å²) in [5.74, 6) is 0.0919. The quantitative estimate of drug-likeness (QED) is 0.498. The van der Waals surface area contributed by atoms with Crippen molar-refractivity contribution in [1.82, 2.24) is 4.57 Å². The smallest absolute Gasteiger partial charge is 0.338 e. The summed E-state index contributed by atoms with van der Waals surface area (Å²) in [5, 5.41) is 9.59. The van der Waals surface area contributed by atoms with Gasteiger partial charge >= 0.3 is 5.97 Å². The van der Waals surface area contributed by atoms with Gasteiger partial charge in [-0.05, 0) is 54.2 Å². The van der Waals surface area contributed by atoms with Gasteiger partial charge in [0, 0.05) is 0 Å². The van der Waals surface area contributed by atoms with E-state index in [0.717, 1.165) is 17.5 Å². The zero-order valence-electron chi connectivity index (χ0n) is 20.4. The number of hydrogen-bond acceptors (Lipinski definition) is 6. The Hall–Kier alpha value is -3.45. The minimum atomic E-state index is -0.616. The van der Waals surface area contributed by atoms with Crippen molar-refractivity contribution < 1.29 is 14.6 Å². The molecule has 0 bridgehead atoms. The molecule has 2 heterocycles. The number of hydrogen-bond donors (Lipinski definition) is 1. The number of ether oxygens (including phenoxy) is 1. The molecule has 0 spiro atoms. The first-order valence-electron chi connectivity index (χ1n) is 11.9. The molecular weight excluding hydrogens is 460 g/mol. The van der Waals surface area contributed by atoms with E-state index in [2.05, 4.69) is 26.0 Å². The molecular formula is C28H30N2O4S. The second kappa shape index (κ2) is 10.4. The summed E-state index contributed by atoms with van der Waals surface area (Å²) in [4.78, 5) is 32.2. The molecule has 1 aliphatic rings. The Morgan fingerprint density at radius 2 is 1.83 bits per heavy atom. The van der Waals surface area contributed by atoms with E-state index in [1.54, 1.807) is 41.8 Å². The van der Waals surface area contributed by atoms with Crippen LogP contribution < -0.4 is 14.9 Å². The third-order valence-corrected chi connectivity index (χ3v) is 6.98. The third kappa shape index (κ3) is 5.00. The average Bonchev–Trinajstić information content (AvgIpc) is 3.14. The van der Waals surface area contributed by atoms with Crippen LogP contribution >= 0.6 is 11.3 Å². The fourth-order valence-electron chi connectivity index (χ4n) is 4.22. The fourth-order valence-corrected chi connectivity index (χ4v) is 5.24. The Bertz CT molecular complexity index is 1430. The molecule has 0 fully saturated rings. The van der Waals surface area contributed by atoms with Gasteiger partial charge in [-0.3, -0.25) is 9.36 Å². The number of aromatic nitrogens is 1. The molecule has 1 N–H and O–H groups in total. The highest BCUT2D eigenvalue weighted by molar-refractivity contribution is 7.07. The Balaban J connectivity index is 1.97. The molecule has 35 heavy (non-hydrogen) atoms. The van der Waals surface area contributed by atoms with Crippen LogP contribution in [0.3, 0.4) is 0 Å². The number of rotatable bonds is 7. The maximum Gasteiger partial charge on any atom is 0.338 e. The maximum absolute atomic E-state index is 13.7. The highest BCUT2D eigenvalue weighted by atomic mass is 32.1. The number of phenols is 1. The number of fused-ring (bicyclic) bond motifs is 1. The SMILES string of the molecule is CCCC1=C(C(=O)OCC)[C@@H](c2ccc(C(C)C)cc2)n2c(s/c(=C\c3ccc(O)cc3)c2=O)=N1. The molecule has 0 saturated carbocycles. The van der Waals surface area contributed by atoms with Gasteiger partial charge in [-0.1, -0.05) is 74.9 Å². The van der Waals surface area contributed by atoms with Crippen molar-refractivity contribution in [2.24, 2.45) is 4.99 Å². The Labute approximate surface area is 208 Å². The second-order valence-electron chi connectivity index (χ2n) is 8.83. The van der Waals surface area contributed by atoms with Crippen LogP contribution in [0, 0.1) is 0 Å². The summed E-state index contributed by atoms with van der Waals surface area (Å²) in [6.45, 7) is 8.32. The van der Waals surface area contributed by atoms with Crippen molar-refractivity contribution in [3.8, 4) is 5.75 Å². The number of thiazole rings is 1. The summed E-state index contributed by atoms with van der Waals surface area (Å²) >= 11 is 1.30. The van der Waals surface area contributed by atoms with E-state index in [9.17, 15) is 14.7 Å². The number of aromatic hydroxyl groups is 1. The summed E-state index contributed by atoms with van der Waals surface area (Å²) in [6, 6.07) is 14.1. The van der Waals surface area contributed by atoms with Crippen molar-refractivity contribution in [2.45, 2.75) is 52.5 Å². The van der Waals surface area contributed by atoms with Gasteiger partial charge < -0.3 is 9.84 Å². The standard InChI is InChI=1S/C28H30N2O4S/c1-5-7-22-24(27(33)34-6-2)25(20-12-10-19(11-13-20)17(3)4)30-26(32)23(35-28(30)29-22)16-18-8-14-21(31)15-9-18/h8-17,25,31H,5-7H2,1-4H3/b23-16-/t25-/m1/s1. The molecule has 1 aromatic heterocycles. The maximum atomic E-state index is 13.7. The predicted octanol–water partition coefficient (Wildman–Crippen LogP) is 4.41. The van der Waals surface area contributed by atoms with Gasteiger partial charge in [0.1, 0.15) is 5.75 Å². The van der Waals surface area contributed by atoms with Gasteiger partial charge in [0.2, 0.25) is 0 Å². The Morgan fingerprint density at radius 1 is 1.14 bits per heavy atom. The zero-order valence-corrected chi connectivity index (χ0v) is 21.3. The van der Waals surface area contributed by atoms with E-state index in [1.165, 1.54) is 16.9 Å². The number of benzene rings is 2. The van der Waals surface area contributed by atoms with Crippen molar-refractivity contribution in [2.75, 3.05) is 6.61 Å². The van der Waals surface area contributed by atoms with E-state index in [4.69, 9.17) is 9.73 Å². The lowest BCUT2D eigenvalue weighted by molar-refractivity contribution is -0.139. The third-order valence-electron chi connectivity index (χ3n) is 6.00. The van der Waals surface area contributed by atoms with Gasteiger partial charge in [0.25, 0.3) is 5.56 Å². The van der Waals surface area contributed by atoms with Gasteiger partial charge in [0.15, 0.2) is 4.80 Å². The first kappa shape index (κ1) is 24.7. The lowest BCUT2D eigenvalue weighted by Gasteiger charge is -2.26. The minimum Gasteiger partial charge on any atom is -0.508 e. The fraction of sp³-hybridized carbons (Fsp3) is 0.321. The second-order valence-corrected chi connectivity index (χ2v) is 9.84. The summed E-state index contributed by atoms with van der Waals surface area (Å²) < 4.78 is 7.57. The molecule has 182 valence electrons. The highest BCUT2D eigenvalue weighted by Crippen LogP contribution is 2.33. The monoisotopic (exact) mass is 490 g/mol. The average molecular weight is 491 g/mol. The zero-order chi connectivity index (χ0) is 25.1. The molecule has 0 aliphatic carbocycles. The van der Waals surface area contributed by atoms with Crippen LogP contribution in [0.5, 0.6) is 5.75 Å². The molecule has 0 unspecified atom stereocenters. The molecule has 0 radical (unpaired) electrons. The van der Waals surface area contributed by atoms with Gasteiger partial charge in [0.05, 0.1) is 28.5 Å². The van der Waals surface area contributed by atoms with Crippen molar-refractivity contribution in [3.63, 3.8) is 0 Å².